The van der Waals surface area contributed by atoms with Crippen molar-refractivity contribution in [1.82, 2.24) is 56.1 Å². The molecule has 0 radical (unpaired) electrons. The van der Waals surface area contributed by atoms with E-state index in [0.29, 0.717) is 62.7 Å². The van der Waals surface area contributed by atoms with Crippen molar-refractivity contribution >= 4 is 148 Å². The number of pyridine rings is 4. The molecule has 1 spiro atoms. The average Bonchev–Trinajstić information content (AvgIpc) is 1.51. The van der Waals surface area contributed by atoms with Crippen LogP contribution in [0.5, 0.6) is 34.8 Å². The minimum absolute atomic E-state index is 0.000215. The highest BCUT2D eigenvalue weighted by Crippen LogP contribution is 2.63. The van der Waals surface area contributed by atoms with Gasteiger partial charge < -0.3 is 55.4 Å². The summed E-state index contributed by atoms with van der Waals surface area (Å²) >= 11 is 9.53. The minimum Gasteiger partial charge on any atom is -0.541 e. The summed E-state index contributed by atoms with van der Waals surface area (Å²) in [5.74, 6) is -4.75. The Kier molecular flexibility index (Phi) is 29.6. The van der Waals surface area contributed by atoms with Crippen molar-refractivity contribution in [3.8, 4) is 34.8 Å². The van der Waals surface area contributed by atoms with Gasteiger partial charge in [-0.3, -0.25) is 39.1 Å². The summed E-state index contributed by atoms with van der Waals surface area (Å²) in [4.78, 5) is 73.9. The molecule has 726 valence electrons. The summed E-state index contributed by atoms with van der Waals surface area (Å²) in [5.41, 5.74) is 3.86. The lowest BCUT2D eigenvalue weighted by Crippen LogP contribution is -2.51. The van der Waals surface area contributed by atoms with Gasteiger partial charge in [0.15, 0.2) is 28.8 Å². The number of aromatic nitrogens is 6. The van der Waals surface area contributed by atoms with Crippen LogP contribution in [0.15, 0.2) is 177 Å². The van der Waals surface area contributed by atoms with Gasteiger partial charge in [0.1, 0.15) is 51.4 Å². The number of benzene rings is 6. The molecule has 138 heavy (non-hydrogen) atoms. The van der Waals surface area contributed by atoms with Crippen molar-refractivity contribution < 1.29 is 107 Å². The maximum Gasteiger partial charge on any atom is 0.384 e. The van der Waals surface area contributed by atoms with Crippen LogP contribution in [-0.2, 0) is 81.3 Å². The zero-order chi connectivity index (χ0) is 101. The van der Waals surface area contributed by atoms with Crippen LogP contribution in [-0.4, -0.2) is 199 Å². The molecule has 0 atom stereocenters. The molecular formula is C95H96Cl2F4N12O20S4Si. The van der Waals surface area contributed by atoms with Crippen molar-refractivity contribution in [2.75, 3.05) is 61.7 Å². The fourth-order valence-corrected chi connectivity index (χ4v) is 24.3. The highest BCUT2D eigenvalue weighted by molar-refractivity contribution is 7.85. The van der Waals surface area contributed by atoms with Crippen molar-refractivity contribution in [2.24, 2.45) is 0 Å². The monoisotopic (exact) mass is 2030 g/mol. The number of hydrogen-bond donors (Lipinski definition) is 3. The van der Waals surface area contributed by atoms with E-state index >= 15 is 0 Å². The molecule has 12 aromatic rings. The smallest absolute Gasteiger partial charge is 0.384 e. The van der Waals surface area contributed by atoms with Gasteiger partial charge >= 0.3 is 41.2 Å². The molecule has 43 heteroatoms. The number of aromatic hydroxyl groups is 3. The van der Waals surface area contributed by atoms with Crippen LogP contribution in [0.3, 0.4) is 0 Å². The van der Waals surface area contributed by atoms with Gasteiger partial charge in [0, 0.05) is 132 Å². The highest BCUT2D eigenvalue weighted by atomic mass is 35.5. The van der Waals surface area contributed by atoms with E-state index in [0.717, 1.165) is 17.2 Å². The average molecular weight is 2030 g/mol. The first-order valence-electron chi connectivity index (χ1n) is 42.4. The van der Waals surface area contributed by atoms with Gasteiger partial charge in [-0.05, 0) is 149 Å². The molecule has 6 aromatic heterocycles. The molecule has 5 aliphatic rings. The van der Waals surface area contributed by atoms with Gasteiger partial charge in [0.2, 0.25) is 23.3 Å². The van der Waals surface area contributed by atoms with E-state index < -0.39 is 108 Å². The number of amides is 2. The van der Waals surface area contributed by atoms with Crippen LogP contribution < -0.4 is 33.9 Å². The lowest BCUT2D eigenvalue weighted by Gasteiger charge is -2.42. The number of carbonyl (C=O) groups excluding carboxylic acids is 4. The van der Waals surface area contributed by atoms with Crippen LogP contribution in [0.2, 0.25) is 16.6 Å². The maximum atomic E-state index is 14.3. The maximum absolute atomic E-state index is 14.3. The van der Waals surface area contributed by atoms with Gasteiger partial charge in [0.25, 0.3) is 20.1 Å². The van der Waals surface area contributed by atoms with Crippen LogP contribution >= 0.6 is 23.2 Å². The van der Waals surface area contributed by atoms with E-state index in [1.807, 2.05) is 0 Å². The number of rotatable bonds is 25. The largest absolute Gasteiger partial charge is 0.541 e. The number of ketones is 2. The number of nitrogens with zero attached hydrogens (tertiary/aromatic N) is 12. The number of hydrogen-bond acceptors (Lipinski definition) is 24. The van der Waals surface area contributed by atoms with Crippen molar-refractivity contribution in [3.63, 3.8) is 0 Å². The van der Waals surface area contributed by atoms with Crippen molar-refractivity contribution in [2.45, 2.75) is 103 Å². The lowest BCUT2D eigenvalue weighted by atomic mass is 9.96. The Morgan fingerprint density at radius 3 is 1.15 bits per heavy atom. The van der Waals surface area contributed by atoms with Gasteiger partial charge in [-0.2, -0.15) is 50.9 Å². The number of fused-ring (bicyclic) bond motifs is 9. The van der Waals surface area contributed by atoms with Crippen LogP contribution in [0.4, 0.5) is 17.6 Å². The predicted molar refractivity (Wildman–Crippen MR) is 513 cm³/mol. The Hall–Kier alpha value is -12.9. The van der Waals surface area contributed by atoms with Crippen LogP contribution in [0.1, 0.15) is 152 Å². The topological polar surface area (TPSA) is 393 Å². The summed E-state index contributed by atoms with van der Waals surface area (Å²) in [7, 11) is -8.73. The molecule has 3 aliphatic carbocycles. The summed E-state index contributed by atoms with van der Waals surface area (Å²) in [6.07, 6.45) is 6.96. The standard InChI is InChI=1S/C30H38FN3O5SSi.C22H20FN3O5S.2C21H18FN3O5S.CH2Cl2/c1-18(2)41(19(3)4,20(5)6)39-29-26-25(21(7)34(30(26)35)17-22-12-14-23(31)15-13-22)28(38-40(36,37)33(8)9)24-11-10-16-32-27(24)29;1-25(2)32(29,30)31-20-15-4-3-11-24-18(15)19(27)16-17(20)22(9-10-22)26(21(16)28)12-13-5-7-14(23)8-6-13;2*1-12-16-17(21(27)25(12)11-13-6-8-14(22)9-7-13)19(26)18-15(5-4-10-23-18)20(16)30-31(28,29)24(2)3;2-1-3/h10-16,18-20H,7,17H2,1-6,8-9H3;3-8,11,27H,9-10,12H2,1-2H3;2*4-10,27H,1,11H2,2-3H3;1H2. The third kappa shape index (κ3) is 19.4. The molecular weight excluding hydrogens is 1930 g/mol. The van der Waals surface area contributed by atoms with Crippen LogP contribution in [0.25, 0.3) is 52.2 Å². The van der Waals surface area contributed by atoms with E-state index in [-0.39, 0.29) is 165 Å². The summed E-state index contributed by atoms with van der Waals surface area (Å²) in [6, 6.07) is 35.6. The zero-order valence-corrected chi connectivity index (χ0v) is 82.8. The molecule has 3 N–H and O–H groups in total. The Labute approximate surface area is 804 Å². The zero-order valence-electron chi connectivity index (χ0n) is 77.0. The summed E-state index contributed by atoms with van der Waals surface area (Å²) in [6.45, 7) is 25.4. The molecule has 17 rings (SSSR count). The Morgan fingerprint density at radius 2 is 0.775 bits per heavy atom. The molecule has 6 aromatic carbocycles. The molecule has 1 fully saturated rings. The van der Waals surface area contributed by atoms with Crippen molar-refractivity contribution in [3.05, 3.63) is 300 Å². The number of alkyl halides is 2. The number of phenolic OH excluding ortho intramolecular Hbond substituents is 1. The van der Waals surface area contributed by atoms with E-state index in [1.54, 1.807) is 71.8 Å². The second-order valence-electron chi connectivity index (χ2n) is 34.0. The van der Waals surface area contributed by atoms with E-state index in [4.69, 9.17) is 44.4 Å². The first-order valence-corrected chi connectivity index (χ1v) is 51.1. The number of phenols is 1. The SMILES string of the molecule is C=C1c2c(c(O[Si](C(C)C)(C(C)C)C(C)C)c3ncccc3c2OS(=O)(=O)N(C)C)C(=O)N1Cc1ccc(F)cc1.C=c1c2c(c(O)n1Cc1ccc(F)cc1)C(=O)c1ncccc1C=2OS(=O)(=O)N(C)C.C=c1c2c(c(O)n1Cc1ccc(F)cc1)C(=O)c1ncccc1C=2OS(=O)(=O)N(C)C.CN(C)S(=O)(=O)Oc1c2c(c(O)c3ncccc13)C(=O)N(Cc1ccc(F)cc1)C21CC1.ClCCl. The Balaban J connectivity index is 0.000000155. The molecule has 0 unspecified atom stereocenters. The fraction of sp³-hybridized carbons (Fsp3) is 0.263. The summed E-state index contributed by atoms with van der Waals surface area (Å²) < 4.78 is 190. The van der Waals surface area contributed by atoms with Crippen molar-refractivity contribution in [1.29, 1.82) is 0 Å². The van der Waals surface area contributed by atoms with Gasteiger partial charge in [-0.1, -0.05) is 110 Å². The molecule has 2 aliphatic heterocycles. The quantitative estimate of drug-likeness (QED) is 0.0272. The van der Waals surface area contributed by atoms with E-state index in [1.165, 1.54) is 174 Å². The molecule has 1 saturated carbocycles. The third-order valence-electron chi connectivity index (χ3n) is 23.9. The molecule has 0 bridgehead atoms. The first kappa shape index (κ1) is 102. The van der Waals surface area contributed by atoms with Crippen LogP contribution in [0, 0.1) is 23.3 Å². The lowest BCUT2D eigenvalue weighted by molar-refractivity contribution is 0.0680. The number of halogens is 6. The fourth-order valence-electron chi connectivity index (χ4n) is 16.9. The third-order valence-corrected chi connectivity index (χ3v) is 34.9. The Morgan fingerprint density at radius 1 is 0.435 bits per heavy atom. The molecule has 32 nitrogen and oxygen atoms in total. The molecule has 0 saturated heterocycles. The van der Waals surface area contributed by atoms with E-state index in [2.05, 4.69) is 81.2 Å². The van der Waals surface area contributed by atoms with Gasteiger partial charge in [0.05, 0.1) is 68.8 Å². The predicted octanol–water partition coefficient (Wildman–Crippen LogP) is 12.5. The normalized spacial score (nSPS) is 14.2. The molecule has 2 amide bonds. The second-order valence-corrected chi connectivity index (χ2v) is 47.2. The molecule has 8 heterocycles. The van der Waals surface area contributed by atoms with Gasteiger partial charge in [-0.15, -0.1) is 23.2 Å². The highest BCUT2D eigenvalue weighted by Gasteiger charge is 2.62. The minimum atomic E-state index is -4.21. The van der Waals surface area contributed by atoms with Gasteiger partial charge in [-0.25, -0.2) is 17.6 Å². The van der Waals surface area contributed by atoms with E-state index in [9.17, 15) is 85.7 Å². The summed E-state index contributed by atoms with van der Waals surface area (Å²) in [5, 5.41) is 34.1. The Bertz CT molecular complexity index is 7410. The first-order chi connectivity index (χ1) is 64.9. The second kappa shape index (κ2) is 39.9. The number of carbonyl (C=O) groups is 4.